The van der Waals surface area contributed by atoms with Gasteiger partial charge in [-0.3, -0.25) is 4.79 Å². The molecule has 0 spiro atoms. The summed E-state index contributed by atoms with van der Waals surface area (Å²) in [4.78, 5) is 12.1. The van der Waals surface area contributed by atoms with Gasteiger partial charge >= 0.3 is 0 Å². The van der Waals surface area contributed by atoms with Gasteiger partial charge in [0, 0.05) is 12.6 Å². The molecule has 1 heterocycles. The maximum absolute atomic E-state index is 12.1. The van der Waals surface area contributed by atoms with Gasteiger partial charge in [-0.2, -0.15) is 0 Å². The number of methoxy groups -OCH3 is 1. The molecule has 1 aromatic heterocycles. The average Bonchev–Trinajstić information content (AvgIpc) is 3.22. The van der Waals surface area contributed by atoms with Crippen LogP contribution in [0, 0.1) is 0 Å². The number of carbonyl (C=O) groups excluding carboxylic acids is 1. The Morgan fingerprint density at radius 2 is 2.08 bits per heavy atom. The highest BCUT2D eigenvalue weighted by Gasteiger charge is 2.30. The van der Waals surface area contributed by atoms with Gasteiger partial charge in [-0.25, -0.2) is 13.1 Å². The van der Waals surface area contributed by atoms with Crippen LogP contribution in [-0.4, -0.2) is 27.5 Å². The summed E-state index contributed by atoms with van der Waals surface area (Å²) < 4.78 is 36.8. The maximum atomic E-state index is 12.1. The molecule has 1 amide bonds. The van der Waals surface area contributed by atoms with E-state index in [9.17, 15) is 13.2 Å². The fourth-order valence-corrected chi connectivity index (χ4v) is 3.35. The summed E-state index contributed by atoms with van der Waals surface area (Å²) in [6.45, 7) is 0.277. The summed E-state index contributed by atoms with van der Waals surface area (Å²) in [5.74, 6) is 0.166. The number of hydrogen-bond donors (Lipinski definition) is 2. The van der Waals surface area contributed by atoms with E-state index in [1.165, 1.54) is 12.1 Å². The standard InChI is InChI=1S/C16H18N2O5S/c1-22-13-4-2-3-11(9-13)10-17-16(19)14-7-8-15(23-14)24(20,21)18-12-5-6-12/h2-4,7-9,12,18H,5-6,10H2,1H3,(H,17,19). The summed E-state index contributed by atoms with van der Waals surface area (Å²) in [6, 6.07) is 9.89. The molecule has 7 nitrogen and oxygen atoms in total. The van der Waals surface area contributed by atoms with Crippen LogP contribution in [-0.2, 0) is 16.6 Å². The third-order valence-electron chi connectivity index (χ3n) is 3.56. The number of nitrogens with one attached hydrogen (secondary N) is 2. The molecule has 0 atom stereocenters. The third-order valence-corrected chi connectivity index (χ3v) is 4.95. The van der Waals surface area contributed by atoms with E-state index in [4.69, 9.17) is 9.15 Å². The van der Waals surface area contributed by atoms with Gasteiger partial charge in [-0.05, 0) is 42.7 Å². The lowest BCUT2D eigenvalue weighted by Crippen LogP contribution is -2.25. The SMILES string of the molecule is COc1cccc(CNC(=O)c2ccc(S(=O)(=O)NC3CC3)o2)c1. The molecule has 0 unspecified atom stereocenters. The van der Waals surface area contributed by atoms with Crippen LogP contribution in [0.3, 0.4) is 0 Å². The first-order chi connectivity index (χ1) is 11.5. The van der Waals surface area contributed by atoms with Crippen molar-refractivity contribution < 1.29 is 22.4 Å². The molecule has 2 N–H and O–H groups in total. The Balaban J connectivity index is 1.63. The van der Waals surface area contributed by atoms with Crippen molar-refractivity contribution in [2.45, 2.75) is 30.5 Å². The summed E-state index contributed by atoms with van der Waals surface area (Å²) in [5.41, 5.74) is 0.859. The highest BCUT2D eigenvalue weighted by atomic mass is 32.2. The van der Waals surface area contributed by atoms with Crippen molar-refractivity contribution >= 4 is 15.9 Å². The van der Waals surface area contributed by atoms with Crippen LogP contribution >= 0.6 is 0 Å². The fourth-order valence-electron chi connectivity index (χ4n) is 2.12. The zero-order valence-electron chi connectivity index (χ0n) is 13.1. The molecule has 0 radical (unpaired) electrons. The number of amides is 1. The van der Waals surface area contributed by atoms with Gasteiger partial charge in [0.05, 0.1) is 7.11 Å². The van der Waals surface area contributed by atoms with Gasteiger partial charge in [0.2, 0.25) is 5.09 Å². The van der Waals surface area contributed by atoms with E-state index >= 15 is 0 Å². The second-order valence-corrected chi connectivity index (χ2v) is 7.19. The van der Waals surface area contributed by atoms with Gasteiger partial charge in [0.15, 0.2) is 5.76 Å². The lowest BCUT2D eigenvalue weighted by atomic mass is 10.2. The Kier molecular flexibility index (Phi) is 4.59. The van der Waals surface area contributed by atoms with Crippen LogP contribution in [0.2, 0.25) is 0 Å². The summed E-state index contributed by atoms with van der Waals surface area (Å²) in [7, 11) is -2.13. The van der Waals surface area contributed by atoms with Crippen LogP contribution in [0.5, 0.6) is 5.75 Å². The van der Waals surface area contributed by atoms with Gasteiger partial charge in [-0.15, -0.1) is 0 Å². The van der Waals surface area contributed by atoms with Crippen molar-refractivity contribution in [3.63, 3.8) is 0 Å². The molecule has 24 heavy (non-hydrogen) atoms. The van der Waals surface area contributed by atoms with Crippen molar-refractivity contribution in [2.24, 2.45) is 0 Å². The largest absolute Gasteiger partial charge is 0.497 e. The smallest absolute Gasteiger partial charge is 0.287 e. The van der Waals surface area contributed by atoms with Crippen LogP contribution in [0.1, 0.15) is 29.0 Å². The van der Waals surface area contributed by atoms with E-state index in [0.29, 0.717) is 5.75 Å². The molecule has 0 bridgehead atoms. The molecule has 1 fully saturated rings. The number of ether oxygens (including phenoxy) is 1. The van der Waals surface area contributed by atoms with E-state index < -0.39 is 15.9 Å². The first-order valence-corrected chi connectivity index (χ1v) is 8.99. The van der Waals surface area contributed by atoms with Crippen molar-refractivity contribution in [3.05, 3.63) is 47.7 Å². The number of carbonyl (C=O) groups is 1. The van der Waals surface area contributed by atoms with Crippen LogP contribution in [0.15, 0.2) is 45.9 Å². The molecule has 128 valence electrons. The number of furan rings is 1. The zero-order chi connectivity index (χ0) is 17.2. The predicted octanol–water partition coefficient (Wildman–Crippen LogP) is 1.66. The minimum atomic E-state index is -3.70. The second kappa shape index (κ2) is 6.66. The Labute approximate surface area is 140 Å². The highest BCUT2D eigenvalue weighted by Crippen LogP contribution is 2.23. The molecular formula is C16H18N2O5S. The molecule has 1 saturated carbocycles. The molecule has 0 saturated heterocycles. The first-order valence-electron chi connectivity index (χ1n) is 7.51. The average molecular weight is 350 g/mol. The van der Waals surface area contributed by atoms with E-state index in [0.717, 1.165) is 18.4 Å². The topological polar surface area (TPSA) is 97.6 Å². The van der Waals surface area contributed by atoms with Gasteiger partial charge < -0.3 is 14.5 Å². The Hall–Kier alpha value is -2.32. The first kappa shape index (κ1) is 16.5. The molecule has 3 rings (SSSR count). The normalized spacial score (nSPS) is 14.4. The minimum Gasteiger partial charge on any atom is -0.497 e. The fraction of sp³-hybridized carbons (Fsp3) is 0.312. The molecule has 0 aliphatic heterocycles. The molecule has 1 aliphatic rings. The second-order valence-electron chi connectivity index (χ2n) is 5.55. The number of benzene rings is 1. The molecule has 8 heteroatoms. The van der Waals surface area contributed by atoms with Gasteiger partial charge in [0.1, 0.15) is 5.75 Å². The lowest BCUT2D eigenvalue weighted by molar-refractivity contribution is 0.0917. The molecule has 1 aliphatic carbocycles. The van der Waals surface area contributed by atoms with E-state index in [-0.39, 0.29) is 23.4 Å². The van der Waals surface area contributed by atoms with Crippen molar-refractivity contribution in [1.82, 2.24) is 10.0 Å². The molecule has 2 aromatic rings. The van der Waals surface area contributed by atoms with Gasteiger partial charge in [-0.1, -0.05) is 12.1 Å². The molecule has 1 aromatic carbocycles. The monoisotopic (exact) mass is 350 g/mol. The van der Waals surface area contributed by atoms with E-state index in [1.807, 2.05) is 18.2 Å². The van der Waals surface area contributed by atoms with Crippen LogP contribution in [0.4, 0.5) is 0 Å². The van der Waals surface area contributed by atoms with Crippen molar-refractivity contribution in [2.75, 3.05) is 7.11 Å². The minimum absolute atomic E-state index is 0.0227. The molecular weight excluding hydrogens is 332 g/mol. The van der Waals surface area contributed by atoms with Crippen molar-refractivity contribution in [3.8, 4) is 5.75 Å². The maximum Gasteiger partial charge on any atom is 0.287 e. The van der Waals surface area contributed by atoms with Crippen LogP contribution in [0.25, 0.3) is 0 Å². The zero-order valence-corrected chi connectivity index (χ0v) is 13.9. The quantitative estimate of drug-likeness (QED) is 0.791. The predicted molar refractivity (Wildman–Crippen MR) is 86.2 cm³/mol. The van der Waals surface area contributed by atoms with Crippen LogP contribution < -0.4 is 14.8 Å². The van der Waals surface area contributed by atoms with Gasteiger partial charge in [0.25, 0.3) is 15.9 Å². The lowest BCUT2D eigenvalue weighted by Gasteiger charge is -2.06. The van der Waals surface area contributed by atoms with E-state index in [1.54, 1.807) is 13.2 Å². The summed E-state index contributed by atoms with van der Waals surface area (Å²) in [6.07, 6.45) is 1.65. The highest BCUT2D eigenvalue weighted by molar-refractivity contribution is 7.89. The van der Waals surface area contributed by atoms with Crippen molar-refractivity contribution in [1.29, 1.82) is 0 Å². The third kappa shape index (κ3) is 3.95. The Bertz CT molecular complexity index is 840. The number of rotatable bonds is 7. The summed E-state index contributed by atoms with van der Waals surface area (Å²) in [5, 5.41) is 2.43. The number of hydrogen-bond acceptors (Lipinski definition) is 5. The number of sulfonamides is 1. The Morgan fingerprint density at radius 3 is 2.79 bits per heavy atom. The van der Waals surface area contributed by atoms with E-state index in [2.05, 4.69) is 10.0 Å². The Morgan fingerprint density at radius 1 is 1.29 bits per heavy atom. The summed E-state index contributed by atoms with van der Waals surface area (Å²) >= 11 is 0.